The summed E-state index contributed by atoms with van der Waals surface area (Å²) in [6.45, 7) is 0.409. The SMILES string of the molecule is Cn1cnnc1CNc1ccccc1S(=O)(=O)NC1CC1. The van der Waals surface area contributed by atoms with Crippen LogP contribution >= 0.6 is 0 Å². The molecule has 0 atom stereocenters. The molecule has 0 aliphatic heterocycles. The molecule has 0 amide bonds. The van der Waals surface area contributed by atoms with Crippen LogP contribution in [0.2, 0.25) is 0 Å². The molecule has 3 rings (SSSR count). The van der Waals surface area contributed by atoms with Crippen molar-refractivity contribution in [3.8, 4) is 0 Å². The van der Waals surface area contributed by atoms with Crippen molar-refractivity contribution in [1.82, 2.24) is 19.5 Å². The van der Waals surface area contributed by atoms with Crippen molar-refractivity contribution in [2.45, 2.75) is 30.3 Å². The van der Waals surface area contributed by atoms with Gasteiger partial charge in [0.15, 0.2) is 5.82 Å². The van der Waals surface area contributed by atoms with E-state index in [9.17, 15) is 8.42 Å². The summed E-state index contributed by atoms with van der Waals surface area (Å²) in [6.07, 6.45) is 3.43. The van der Waals surface area contributed by atoms with E-state index in [0.717, 1.165) is 18.7 Å². The average molecular weight is 307 g/mol. The highest BCUT2D eigenvalue weighted by molar-refractivity contribution is 7.89. The van der Waals surface area contributed by atoms with E-state index in [4.69, 9.17) is 0 Å². The minimum Gasteiger partial charge on any atom is -0.377 e. The Hall–Kier alpha value is -1.93. The Bertz CT molecular complexity index is 737. The molecule has 1 aromatic heterocycles. The van der Waals surface area contributed by atoms with Crippen LogP contribution in [0.1, 0.15) is 18.7 Å². The third-order valence-electron chi connectivity index (χ3n) is 3.32. The number of aryl methyl sites for hydroxylation is 1. The van der Waals surface area contributed by atoms with E-state index in [2.05, 4.69) is 20.2 Å². The summed E-state index contributed by atoms with van der Waals surface area (Å²) >= 11 is 0. The Balaban J connectivity index is 1.80. The average Bonchev–Trinajstić information content (AvgIpc) is 3.16. The molecule has 0 bridgehead atoms. The third-order valence-corrected chi connectivity index (χ3v) is 4.90. The molecule has 0 radical (unpaired) electrons. The van der Waals surface area contributed by atoms with Crippen LogP contribution in [0.3, 0.4) is 0 Å². The molecule has 8 heteroatoms. The van der Waals surface area contributed by atoms with Crippen molar-refractivity contribution in [3.05, 3.63) is 36.4 Å². The molecule has 1 heterocycles. The summed E-state index contributed by atoms with van der Waals surface area (Å²) in [7, 11) is -1.64. The van der Waals surface area contributed by atoms with Crippen molar-refractivity contribution in [1.29, 1.82) is 0 Å². The zero-order valence-corrected chi connectivity index (χ0v) is 12.5. The minimum atomic E-state index is -3.48. The first-order valence-corrected chi connectivity index (χ1v) is 8.23. The van der Waals surface area contributed by atoms with Gasteiger partial charge in [-0.3, -0.25) is 0 Å². The first-order chi connectivity index (χ1) is 10.1. The molecular weight excluding hydrogens is 290 g/mol. The Kier molecular flexibility index (Phi) is 3.64. The smallest absolute Gasteiger partial charge is 0.242 e. The second-order valence-electron chi connectivity index (χ2n) is 5.10. The third kappa shape index (κ3) is 3.22. The number of hydrogen-bond donors (Lipinski definition) is 2. The van der Waals surface area contributed by atoms with Crippen LogP contribution in [0.25, 0.3) is 0 Å². The molecule has 7 nitrogen and oxygen atoms in total. The lowest BCUT2D eigenvalue weighted by Crippen LogP contribution is -2.26. The van der Waals surface area contributed by atoms with Gasteiger partial charge in [0, 0.05) is 13.1 Å². The maximum Gasteiger partial charge on any atom is 0.242 e. The predicted molar refractivity (Wildman–Crippen MR) is 78.1 cm³/mol. The van der Waals surface area contributed by atoms with E-state index < -0.39 is 10.0 Å². The number of para-hydroxylation sites is 1. The van der Waals surface area contributed by atoms with Crippen molar-refractivity contribution in [2.24, 2.45) is 7.05 Å². The lowest BCUT2D eigenvalue weighted by molar-refractivity contribution is 0.581. The van der Waals surface area contributed by atoms with Gasteiger partial charge in [-0.15, -0.1) is 10.2 Å². The van der Waals surface area contributed by atoms with Gasteiger partial charge in [0.1, 0.15) is 11.2 Å². The number of anilines is 1. The lowest BCUT2D eigenvalue weighted by Gasteiger charge is -2.12. The Morgan fingerprint density at radius 2 is 2.10 bits per heavy atom. The van der Waals surface area contributed by atoms with Crippen LogP contribution < -0.4 is 10.0 Å². The maximum absolute atomic E-state index is 12.3. The Labute approximate surface area is 123 Å². The number of sulfonamides is 1. The van der Waals surface area contributed by atoms with E-state index in [1.807, 2.05) is 7.05 Å². The van der Waals surface area contributed by atoms with Gasteiger partial charge in [-0.25, -0.2) is 13.1 Å². The molecule has 0 spiro atoms. The molecule has 21 heavy (non-hydrogen) atoms. The first kappa shape index (κ1) is 14.0. The molecule has 2 N–H and O–H groups in total. The van der Waals surface area contributed by atoms with Crippen LogP contribution in [0.5, 0.6) is 0 Å². The van der Waals surface area contributed by atoms with E-state index in [1.54, 1.807) is 35.2 Å². The maximum atomic E-state index is 12.3. The highest BCUT2D eigenvalue weighted by Gasteiger charge is 2.29. The monoisotopic (exact) mass is 307 g/mol. The van der Waals surface area contributed by atoms with Crippen molar-refractivity contribution in [2.75, 3.05) is 5.32 Å². The zero-order valence-electron chi connectivity index (χ0n) is 11.7. The topological polar surface area (TPSA) is 88.9 Å². The molecule has 112 valence electrons. The molecule has 1 aliphatic carbocycles. The van der Waals surface area contributed by atoms with Crippen LogP contribution in [0, 0.1) is 0 Å². The zero-order chi connectivity index (χ0) is 14.9. The van der Waals surface area contributed by atoms with E-state index >= 15 is 0 Å². The molecule has 1 aliphatic rings. The fraction of sp³-hybridized carbons (Fsp3) is 0.385. The number of nitrogens with one attached hydrogen (secondary N) is 2. The standard InChI is InChI=1S/C13H17N5O2S/c1-18-9-15-16-13(18)8-14-11-4-2-3-5-12(11)21(19,20)17-10-6-7-10/h2-5,9-10,14,17H,6-8H2,1H3. The molecule has 0 saturated heterocycles. The number of benzene rings is 1. The molecule has 1 saturated carbocycles. The van der Waals surface area contributed by atoms with E-state index in [-0.39, 0.29) is 10.9 Å². The molecule has 0 unspecified atom stereocenters. The lowest BCUT2D eigenvalue weighted by atomic mass is 10.3. The van der Waals surface area contributed by atoms with Crippen LogP contribution in [-0.4, -0.2) is 29.2 Å². The van der Waals surface area contributed by atoms with Gasteiger partial charge in [-0.1, -0.05) is 12.1 Å². The Morgan fingerprint density at radius 1 is 1.33 bits per heavy atom. The summed E-state index contributed by atoms with van der Waals surface area (Å²) in [4.78, 5) is 0.263. The van der Waals surface area contributed by atoms with E-state index in [1.165, 1.54) is 0 Å². The minimum absolute atomic E-state index is 0.0850. The largest absolute Gasteiger partial charge is 0.377 e. The van der Waals surface area contributed by atoms with Crippen molar-refractivity contribution < 1.29 is 8.42 Å². The summed E-state index contributed by atoms with van der Waals surface area (Å²) in [6, 6.07) is 6.95. The van der Waals surface area contributed by atoms with Gasteiger partial charge >= 0.3 is 0 Å². The van der Waals surface area contributed by atoms with E-state index in [0.29, 0.717) is 12.2 Å². The van der Waals surface area contributed by atoms with Crippen molar-refractivity contribution in [3.63, 3.8) is 0 Å². The highest BCUT2D eigenvalue weighted by Crippen LogP contribution is 2.26. The Morgan fingerprint density at radius 3 is 2.76 bits per heavy atom. The summed E-state index contributed by atoms with van der Waals surface area (Å²) in [5, 5.41) is 10.9. The van der Waals surface area contributed by atoms with Gasteiger partial charge in [-0.05, 0) is 25.0 Å². The number of rotatable bonds is 6. The van der Waals surface area contributed by atoms with Gasteiger partial charge in [0.05, 0.1) is 12.2 Å². The molecular formula is C13H17N5O2S. The number of hydrogen-bond acceptors (Lipinski definition) is 5. The van der Waals surface area contributed by atoms with Gasteiger partial charge in [-0.2, -0.15) is 0 Å². The number of nitrogens with zero attached hydrogens (tertiary/aromatic N) is 3. The van der Waals surface area contributed by atoms with Gasteiger partial charge < -0.3 is 9.88 Å². The fourth-order valence-corrected chi connectivity index (χ4v) is 3.46. The summed E-state index contributed by atoms with van der Waals surface area (Å²) in [5.74, 6) is 0.734. The second-order valence-corrected chi connectivity index (χ2v) is 6.79. The number of aromatic nitrogens is 3. The van der Waals surface area contributed by atoms with Gasteiger partial charge in [0.2, 0.25) is 10.0 Å². The van der Waals surface area contributed by atoms with Crippen LogP contribution in [-0.2, 0) is 23.6 Å². The molecule has 1 fully saturated rings. The fourth-order valence-electron chi connectivity index (χ4n) is 1.97. The van der Waals surface area contributed by atoms with Crippen molar-refractivity contribution >= 4 is 15.7 Å². The normalized spacial score (nSPS) is 15.1. The van der Waals surface area contributed by atoms with Gasteiger partial charge in [0.25, 0.3) is 0 Å². The highest BCUT2D eigenvalue weighted by atomic mass is 32.2. The molecule has 1 aromatic carbocycles. The predicted octanol–water partition coefficient (Wildman–Crippen LogP) is 0.868. The summed E-state index contributed by atoms with van der Waals surface area (Å²) in [5.41, 5.74) is 0.564. The second kappa shape index (κ2) is 5.45. The quantitative estimate of drug-likeness (QED) is 0.826. The first-order valence-electron chi connectivity index (χ1n) is 6.74. The van der Waals surface area contributed by atoms with Crippen LogP contribution in [0.15, 0.2) is 35.5 Å². The summed E-state index contributed by atoms with van der Waals surface area (Å²) < 4.78 is 29.2. The molecule has 2 aromatic rings. The van der Waals surface area contributed by atoms with Crippen LogP contribution in [0.4, 0.5) is 5.69 Å².